The van der Waals surface area contributed by atoms with Crippen molar-refractivity contribution in [3.8, 4) is 0 Å². The van der Waals surface area contributed by atoms with Crippen LogP contribution in [-0.4, -0.2) is 26.1 Å². The summed E-state index contributed by atoms with van der Waals surface area (Å²) in [6.07, 6.45) is 4.15. The van der Waals surface area contributed by atoms with Gasteiger partial charge in [0.25, 0.3) is 0 Å². The van der Waals surface area contributed by atoms with Gasteiger partial charge in [-0.05, 0) is 49.7 Å². The molecule has 3 heteroatoms. The Bertz CT molecular complexity index is 212. The zero-order valence-corrected chi connectivity index (χ0v) is 12.5. The van der Waals surface area contributed by atoms with E-state index in [9.17, 15) is 5.11 Å². The average Bonchev–Trinajstić information content (AvgIpc) is 2.15. The van der Waals surface area contributed by atoms with Gasteiger partial charge in [0.1, 0.15) is 0 Å². The number of hydrogen-bond acceptors (Lipinski definition) is 2. The smallest absolute Gasteiger partial charge is 0.191 e. The van der Waals surface area contributed by atoms with E-state index in [0.717, 1.165) is 32.3 Å². The SMILES string of the molecule is CC(C)(C)[Si](C)(C)OC[C@H]1CC[C@H](O)CC1. The quantitative estimate of drug-likeness (QED) is 0.769. The van der Waals surface area contributed by atoms with E-state index in [4.69, 9.17) is 4.43 Å². The normalized spacial score (nSPS) is 28.1. The van der Waals surface area contributed by atoms with Gasteiger partial charge in [-0.25, -0.2) is 0 Å². The first-order chi connectivity index (χ1) is 7.22. The maximum Gasteiger partial charge on any atom is 0.191 e. The van der Waals surface area contributed by atoms with Crippen molar-refractivity contribution in [2.75, 3.05) is 6.61 Å². The minimum atomic E-state index is -1.57. The number of hydrogen-bond donors (Lipinski definition) is 1. The fourth-order valence-corrected chi connectivity index (χ4v) is 2.94. The number of aliphatic hydroxyl groups excluding tert-OH is 1. The zero-order chi connectivity index (χ0) is 12.4. The molecule has 0 heterocycles. The Balaban J connectivity index is 2.34. The highest BCUT2D eigenvalue weighted by atomic mass is 28.4. The van der Waals surface area contributed by atoms with Crippen LogP contribution in [0.2, 0.25) is 18.1 Å². The maximum absolute atomic E-state index is 9.45. The van der Waals surface area contributed by atoms with E-state index >= 15 is 0 Å². The molecule has 1 aliphatic rings. The van der Waals surface area contributed by atoms with Crippen LogP contribution < -0.4 is 0 Å². The summed E-state index contributed by atoms with van der Waals surface area (Å²) in [7, 11) is -1.57. The van der Waals surface area contributed by atoms with Crippen molar-refractivity contribution in [2.45, 2.75) is 70.7 Å². The first kappa shape index (κ1) is 14.2. The highest BCUT2D eigenvalue weighted by Crippen LogP contribution is 2.37. The average molecular weight is 244 g/mol. The summed E-state index contributed by atoms with van der Waals surface area (Å²) in [6.45, 7) is 12.4. The molecule has 0 radical (unpaired) electrons. The highest BCUT2D eigenvalue weighted by Gasteiger charge is 2.37. The van der Waals surface area contributed by atoms with Crippen molar-refractivity contribution < 1.29 is 9.53 Å². The molecule has 1 N–H and O–H groups in total. The molecule has 16 heavy (non-hydrogen) atoms. The lowest BCUT2D eigenvalue weighted by Crippen LogP contribution is -2.42. The fourth-order valence-electron chi connectivity index (χ4n) is 1.85. The molecule has 0 aromatic heterocycles. The van der Waals surface area contributed by atoms with Crippen molar-refractivity contribution in [3.63, 3.8) is 0 Å². The maximum atomic E-state index is 9.45. The molecule has 0 bridgehead atoms. The third kappa shape index (κ3) is 3.86. The molecule has 2 nitrogen and oxygen atoms in total. The van der Waals surface area contributed by atoms with Gasteiger partial charge in [-0.15, -0.1) is 0 Å². The molecule has 0 aliphatic heterocycles. The minimum absolute atomic E-state index is 0.0517. The van der Waals surface area contributed by atoms with Crippen LogP contribution in [0, 0.1) is 5.92 Å². The van der Waals surface area contributed by atoms with Gasteiger partial charge < -0.3 is 9.53 Å². The van der Waals surface area contributed by atoms with Crippen molar-refractivity contribution in [2.24, 2.45) is 5.92 Å². The fraction of sp³-hybridized carbons (Fsp3) is 1.00. The Morgan fingerprint density at radius 2 is 1.62 bits per heavy atom. The predicted octanol–water partition coefficient (Wildman–Crippen LogP) is 3.56. The van der Waals surface area contributed by atoms with Crippen LogP contribution in [-0.2, 0) is 4.43 Å². The van der Waals surface area contributed by atoms with Gasteiger partial charge in [0.15, 0.2) is 8.32 Å². The molecule has 0 unspecified atom stereocenters. The lowest BCUT2D eigenvalue weighted by molar-refractivity contribution is 0.0890. The summed E-state index contributed by atoms with van der Waals surface area (Å²) in [6, 6.07) is 0. The molecule has 1 fully saturated rings. The van der Waals surface area contributed by atoms with Crippen LogP contribution >= 0.6 is 0 Å². The lowest BCUT2D eigenvalue weighted by Gasteiger charge is -2.38. The second-order valence-corrected chi connectivity index (χ2v) is 11.6. The van der Waals surface area contributed by atoms with Gasteiger partial charge in [0.2, 0.25) is 0 Å². The van der Waals surface area contributed by atoms with Gasteiger partial charge >= 0.3 is 0 Å². The summed E-state index contributed by atoms with van der Waals surface area (Å²) in [5.41, 5.74) is 0. The van der Waals surface area contributed by atoms with Crippen molar-refractivity contribution >= 4 is 8.32 Å². The van der Waals surface area contributed by atoms with Crippen molar-refractivity contribution in [1.29, 1.82) is 0 Å². The molecule has 0 saturated heterocycles. The minimum Gasteiger partial charge on any atom is -0.417 e. The van der Waals surface area contributed by atoms with E-state index in [1.54, 1.807) is 0 Å². The molecular formula is C13H28O2Si. The molecule has 96 valence electrons. The first-order valence-corrected chi connectivity index (χ1v) is 9.45. The van der Waals surface area contributed by atoms with E-state index in [1.807, 2.05) is 0 Å². The second kappa shape index (κ2) is 5.19. The summed E-state index contributed by atoms with van der Waals surface area (Å²) in [5.74, 6) is 0.678. The summed E-state index contributed by atoms with van der Waals surface area (Å²) in [4.78, 5) is 0. The number of rotatable bonds is 3. The van der Waals surface area contributed by atoms with E-state index < -0.39 is 8.32 Å². The zero-order valence-electron chi connectivity index (χ0n) is 11.5. The molecule has 0 amide bonds. The Labute approximate surface area is 102 Å². The van der Waals surface area contributed by atoms with Gasteiger partial charge in [-0.1, -0.05) is 20.8 Å². The van der Waals surface area contributed by atoms with Crippen LogP contribution in [0.25, 0.3) is 0 Å². The molecule has 0 aromatic rings. The Morgan fingerprint density at radius 1 is 1.12 bits per heavy atom. The Morgan fingerprint density at radius 3 is 2.06 bits per heavy atom. The first-order valence-electron chi connectivity index (χ1n) is 6.54. The van der Waals surface area contributed by atoms with Gasteiger partial charge in [-0.3, -0.25) is 0 Å². The molecule has 0 spiro atoms. The summed E-state index contributed by atoms with van der Waals surface area (Å²) >= 11 is 0. The molecular weight excluding hydrogens is 216 g/mol. The molecule has 0 aromatic carbocycles. The molecule has 1 rings (SSSR count). The van der Waals surface area contributed by atoms with Gasteiger partial charge in [-0.2, -0.15) is 0 Å². The van der Waals surface area contributed by atoms with Gasteiger partial charge in [0.05, 0.1) is 6.10 Å². The van der Waals surface area contributed by atoms with Crippen LogP contribution in [0.5, 0.6) is 0 Å². The standard InChI is InChI=1S/C13H28O2Si/c1-13(2,3)16(4,5)15-10-11-6-8-12(14)9-7-11/h11-12,14H,6-10H2,1-5H3/t11-,12-. The monoisotopic (exact) mass is 244 g/mol. The van der Waals surface area contributed by atoms with Crippen LogP contribution in [0.15, 0.2) is 0 Å². The lowest BCUT2D eigenvalue weighted by atomic mass is 9.88. The number of aliphatic hydroxyl groups is 1. The van der Waals surface area contributed by atoms with E-state index in [0.29, 0.717) is 11.0 Å². The summed E-state index contributed by atoms with van der Waals surface area (Å²) < 4.78 is 6.23. The third-order valence-corrected chi connectivity index (χ3v) is 8.80. The van der Waals surface area contributed by atoms with Crippen LogP contribution in [0.3, 0.4) is 0 Å². The topological polar surface area (TPSA) is 29.5 Å². The van der Waals surface area contributed by atoms with E-state index in [-0.39, 0.29) is 6.10 Å². The largest absolute Gasteiger partial charge is 0.417 e. The predicted molar refractivity (Wildman–Crippen MR) is 71.1 cm³/mol. The Kier molecular flexibility index (Phi) is 4.61. The molecule has 1 aliphatic carbocycles. The third-order valence-electron chi connectivity index (χ3n) is 4.30. The van der Waals surface area contributed by atoms with E-state index in [2.05, 4.69) is 33.9 Å². The Hall–Kier alpha value is 0.137. The highest BCUT2D eigenvalue weighted by molar-refractivity contribution is 6.74. The van der Waals surface area contributed by atoms with Crippen LogP contribution in [0.4, 0.5) is 0 Å². The second-order valence-electron chi connectivity index (χ2n) is 6.75. The van der Waals surface area contributed by atoms with E-state index in [1.165, 1.54) is 0 Å². The van der Waals surface area contributed by atoms with Crippen molar-refractivity contribution in [1.82, 2.24) is 0 Å². The molecule has 0 atom stereocenters. The van der Waals surface area contributed by atoms with Crippen molar-refractivity contribution in [3.05, 3.63) is 0 Å². The van der Waals surface area contributed by atoms with Gasteiger partial charge in [0, 0.05) is 6.61 Å². The summed E-state index contributed by atoms with van der Waals surface area (Å²) in [5, 5.41) is 9.76. The van der Waals surface area contributed by atoms with Crippen LogP contribution in [0.1, 0.15) is 46.5 Å². The molecule has 1 saturated carbocycles.